The van der Waals surface area contributed by atoms with Gasteiger partial charge in [0.25, 0.3) is 5.91 Å². The van der Waals surface area contributed by atoms with Gasteiger partial charge in [0, 0.05) is 43.9 Å². The van der Waals surface area contributed by atoms with Crippen LogP contribution >= 0.6 is 0 Å². The topological polar surface area (TPSA) is 95.4 Å². The first-order valence-electron chi connectivity index (χ1n) is 9.76. The normalized spacial score (nSPS) is 11.0. The largest absolute Gasteiger partial charge is 0.508 e. The number of guanidine groups is 1. The molecule has 0 atom stereocenters. The van der Waals surface area contributed by atoms with Gasteiger partial charge in [0.15, 0.2) is 5.96 Å². The minimum absolute atomic E-state index is 0.128. The monoisotopic (exact) mass is 414 g/mol. The molecule has 0 heterocycles. The van der Waals surface area contributed by atoms with Crippen molar-refractivity contribution < 1.29 is 19.4 Å². The molecule has 8 heteroatoms. The fourth-order valence-electron chi connectivity index (χ4n) is 2.83. The maximum absolute atomic E-state index is 12.1. The zero-order valence-electron chi connectivity index (χ0n) is 17.9. The van der Waals surface area contributed by atoms with Crippen molar-refractivity contribution in [2.45, 2.75) is 13.5 Å². The Balaban J connectivity index is 1.96. The minimum Gasteiger partial charge on any atom is -0.508 e. The van der Waals surface area contributed by atoms with E-state index >= 15 is 0 Å². The molecule has 2 rings (SSSR count). The summed E-state index contributed by atoms with van der Waals surface area (Å²) >= 11 is 0. The molecule has 0 fully saturated rings. The summed E-state index contributed by atoms with van der Waals surface area (Å²) in [6, 6.07) is 11.8. The van der Waals surface area contributed by atoms with Gasteiger partial charge in [0.1, 0.15) is 17.2 Å². The number of phenols is 1. The molecule has 0 aliphatic carbocycles. The summed E-state index contributed by atoms with van der Waals surface area (Å²) in [5.41, 5.74) is 1.50. The Hall–Kier alpha value is -3.42. The third-order valence-electron chi connectivity index (χ3n) is 4.39. The van der Waals surface area contributed by atoms with Crippen LogP contribution in [0.15, 0.2) is 47.5 Å². The average molecular weight is 415 g/mol. The van der Waals surface area contributed by atoms with E-state index in [1.165, 1.54) is 12.1 Å². The number of hydrogen-bond acceptors (Lipinski definition) is 5. The third-order valence-corrected chi connectivity index (χ3v) is 4.39. The van der Waals surface area contributed by atoms with Gasteiger partial charge in [-0.2, -0.15) is 0 Å². The molecular weight excluding hydrogens is 384 g/mol. The van der Waals surface area contributed by atoms with Crippen LogP contribution in [0.2, 0.25) is 0 Å². The maximum atomic E-state index is 12.1. The van der Waals surface area contributed by atoms with Crippen LogP contribution in [0, 0.1) is 0 Å². The first-order valence-corrected chi connectivity index (χ1v) is 9.76. The van der Waals surface area contributed by atoms with Crippen molar-refractivity contribution in [2.75, 3.05) is 40.9 Å². The van der Waals surface area contributed by atoms with Crippen molar-refractivity contribution in [3.63, 3.8) is 0 Å². The lowest BCUT2D eigenvalue weighted by Crippen LogP contribution is -2.39. The molecule has 0 saturated carbocycles. The van der Waals surface area contributed by atoms with Crippen molar-refractivity contribution in [1.29, 1.82) is 0 Å². The van der Waals surface area contributed by atoms with Crippen LogP contribution in [0.3, 0.4) is 0 Å². The van der Waals surface area contributed by atoms with E-state index in [0.29, 0.717) is 25.2 Å². The zero-order chi connectivity index (χ0) is 21.9. The van der Waals surface area contributed by atoms with E-state index < -0.39 is 0 Å². The van der Waals surface area contributed by atoms with Gasteiger partial charge in [-0.25, -0.2) is 0 Å². The van der Waals surface area contributed by atoms with Gasteiger partial charge >= 0.3 is 0 Å². The molecule has 1 amide bonds. The quantitative estimate of drug-likeness (QED) is 0.331. The summed E-state index contributed by atoms with van der Waals surface area (Å²) in [6.45, 7) is 4.15. The fourth-order valence-corrected chi connectivity index (χ4v) is 2.83. The van der Waals surface area contributed by atoms with E-state index in [-0.39, 0.29) is 11.7 Å². The van der Waals surface area contributed by atoms with E-state index in [9.17, 15) is 9.90 Å². The van der Waals surface area contributed by atoms with E-state index in [1.54, 1.807) is 26.4 Å². The maximum Gasteiger partial charge on any atom is 0.251 e. The molecule has 0 aliphatic rings. The molecule has 2 aromatic carbocycles. The predicted octanol–water partition coefficient (Wildman–Crippen LogP) is 2.24. The molecule has 30 heavy (non-hydrogen) atoms. The molecule has 0 unspecified atom stereocenters. The highest BCUT2D eigenvalue weighted by atomic mass is 16.5. The number of carbonyl (C=O) groups excluding carboxylic acids is 1. The number of ether oxygens (including phenoxy) is 2. The number of aromatic hydroxyl groups is 1. The number of nitrogens with one attached hydrogen (secondary N) is 2. The molecule has 0 bridgehead atoms. The summed E-state index contributed by atoms with van der Waals surface area (Å²) in [7, 11) is 5.20. The van der Waals surface area contributed by atoms with Crippen molar-refractivity contribution >= 4 is 11.9 Å². The summed E-state index contributed by atoms with van der Waals surface area (Å²) < 4.78 is 10.7. The number of nitrogens with zero attached hydrogens (tertiary/aromatic N) is 2. The van der Waals surface area contributed by atoms with Gasteiger partial charge in [0.2, 0.25) is 0 Å². The molecule has 8 nitrogen and oxygen atoms in total. The number of benzene rings is 2. The highest BCUT2D eigenvalue weighted by Crippen LogP contribution is 2.25. The van der Waals surface area contributed by atoms with Gasteiger partial charge in [-0.05, 0) is 43.3 Å². The van der Waals surface area contributed by atoms with Crippen LogP contribution in [-0.2, 0) is 6.54 Å². The highest BCUT2D eigenvalue weighted by Gasteiger charge is 2.11. The van der Waals surface area contributed by atoms with Crippen molar-refractivity contribution in [3.8, 4) is 17.2 Å². The lowest BCUT2D eigenvalue weighted by atomic mass is 10.2. The molecule has 0 spiro atoms. The summed E-state index contributed by atoms with van der Waals surface area (Å²) in [4.78, 5) is 18.7. The van der Waals surface area contributed by atoms with Crippen molar-refractivity contribution in [3.05, 3.63) is 53.6 Å². The van der Waals surface area contributed by atoms with Gasteiger partial charge in [-0.15, -0.1) is 0 Å². The second-order valence-corrected chi connectivity index (χ2v) is 6.57. The van der Waals surface area contributed by atoms with E-state index in [0.717, 1.165) is 29.6 Å². The van der Waals surface area contributed by atoms with Gasteiger partial charge in [-0.1, -0.05) is 0 Å². The summed E-state index contributed by atoms with van der Waals surface area (Å²) in [5, 5.41) is 15.4. The number of phenolic OH excluding ortho intramolecular Hbond substituents is 1. The zero-order valence-corrected chi connectivity index (χ0v) is 17.9. The smallest absolute Gasteiger partial charge is 0.251 e. The van der Waals surface area contributed by atoms with E-state index in [2.05, 4.69) is 15.6 Å². The lowest BCUT2D eigenvalue weighted by molar-refractivity contribution is 0.0955. The molecule has 2 aromatic rings. The SMILES string of the molecule is CCNC(=NCCNC(=O)c1ccc(O)cc1)N(C)Cc1ccc(OC)cc1OC. The fraction of sp³-hybridized carbons (Fsp3) is 0.364. The van der Waals surface area contributed by atoms with E-state index in [4.69, 9.17) is 9.47 Å². The second kappa shape index (κ2) is 11.5. The molecular formula is C22H30N4O4. The average Bonchev–Trinajstić information content (AvgIpc) is 2.76. The molecule has 162 valence electrons. The number of methoxy groups -OCH3 is 2. The molecule has 0 saturated heterocycles. The number of hydrogen-bond donors (Lipinski definition) is 3. The van der Waals surface area contributed by atoms with Crippen LogP contribution in [0.1, 0.15) is 22.8 Å². The van der Waals surface area contributed by atoms with Crippen LogP contribution in [0.5, 0.6) is 17.2 Å². The lowest BCUT2D eigenvalue weighted by Gasteiger charge is -2.23. The Bertz CT molecular complexity index is 853. The van der Waals surface area contributed by atoms with Gasteiger partial charge in [-0.3, -0.25) is 9.79 Å². The molecule has 3 N–H and O–H groups in total. The number of rotatable bonds is 9. The van der Waals surface area contributed by atoms with Crippen molar-refractivity contribution in [1.82, 2.24) is 15.5 Å². The Morgan fingerprint density at radius 2 is 1.83 bits per heavy atom. The number of aliphatic imine (C=N–C) groups is 1. The molecule has 0 aromatic heterocycles. The van der Waals surface area contributed by atoms with E-state index in [1.807, 2.05) is 37.1 Å². The number of amides is 1. The van der Waals surface area contributed by atoms with Crippen LogP contribution < -0.4 is 20.1 Å². The Morgan fingerprint density at radius 1 is 1.10 bits per heavy atom. The van der Waals surface area contributed by atoms with Gasteiger partial charge < -0.3 is 30.1 Å². The second-order valence-electron chi connectivity index (χ2n) is 6.57. The van der Waals surface area contributed by atoms with Crippen LogP contribution in [0.25, 0.3) is 0 Å². The Labute approximate surface area is 177 Å². The third kappa shape index (κ3) is 6.58. The summed E-state index contributed by atoms with van der Waals surface area (Å²) in [6.07, 6.45) is 0. The minimum atomic E-state index is -0.202. The highest BCUT2D eigenvalue weighted by molar-refractivity contribution is 5.94. The first-order chi connectivity index (χ1) is 14.5. The van der Waals surface area contributed by atoms with Gasteiger partial charge in [0.05, 0.1) is 20.8 Å². The Morgan fingerprint density at radius 3 is 2.47 bits per heavy atom. The molecule has 0 radical (unpaired) electrons. The molecule has 0 aliphatic heterocycles. The Kier molecular flexibility index (Phi) is 8.80. The number of carbonyl (C=O) groups is 1. The van der Waals surface area contributed by atoms with Crippen LogP contribution in [-0.4, -0.2) is 62.8 Å². The van der Waals surface area contributed by atoms with Crippen molar-refractivity contribution in [2.24, 2.45) is 4.99 Å². The summed E-state index contributed by atoms with van der Waals surface area (Å²) in [5.74, 6) is 2.14. The first kappa shape index (κ1) is 22.9. The van der Waals surface area contributed by atoms with Crippen LogP contribution in [0.4, 0.5) is 0 Å². The standard InChI is InChI=1S/C22H30N4O4/c1-5-23-22(25-13-12-24-21(28)16-6-9-18(27)10-7-16)26(2)15-17-8-11-19(29-3)14-20(17)30-4/h6-11,14,27H,5,12-13,15H2,1-4H3,(H,23,25)(H,24,28). The predicted molar refractivity (Wildman–Crippen MR) is 117 cm³/mol.